The van der Waals surface area contributed by atoms with E-state index in [1.54, 1.807) is 6.07 Å². The van der Waals surface area contributed by atoms with Crippen molar-refractivity contribution in [1.82, 2.24) is 4.72 Å². The van der Waals surface area contributed by atoms with Gasteiger partial charge in [0.05, 0.1) is 7.57 Å². The molecule has 1 aliphatic carbocycles. The van der Waals surface area contributed by atoms with E-state index in [-0.39, 0.29) is 16.9 Å². The molecule has 1 aromatic heterocycles. The molecule has 0 spiro atoms. The maximum atomic E-state index is 12.0. The molecule has 1 heterocycles. The molecule has 0 aromatic carbocycles. The predicted molar refractivity (Wildman–Crippen MR) is 73.7 cm³/mol. The van der Waals surface area contributed by atoms with Crippen LogP contribution in [0.1, 0.15) is 12.8 Å². The molecule has 0 aliphatic heterocycles. The highest BCUT2D eigenvalue weighted by Crippen LogP contribution is 2.44. The normalized spacial score (nSPS) is 18.3. The van der Waals surface area contributed by atoms with Crippen LogP contribution in [0.4, 0.5) is 0 Å². The zero-order valence-electron chi connectivity index (χ0n) is 8.74. The van der Waals surface area contributed by atoms with Gasteiger partial charge in [0.2, 0.25) is 10.0 Å². The van der Waals surface area contributed by atoms with Gasteiger partial charge in [-0.3, -0.25) is 0 Å². The quantitative estimate of drug-likeness (QED) is 0.791. The Bertz CT molecular complexity index is 522. The molecule has 0 saturated heterocycles. The Morgan fingerprint density at radius 3 is 2.53 bits per heavy atom. The van der Waals surface area contributed by atoms with Crippen LogP contribution in [0.2, 0.25) is 0 Å². The highest BCUT2D eigenvalue weighted by Gasteiger charge is 2.42. The molecule has 0 unspecified atom stereocenters. The minimum absolute atomic E-state index is 0.0318. The summed E-state index contributed by atoms with van der Waals surface area (Å²) in [5, 5.41) is 9.13. The molecule has 2 N–H and O–H groups in total. The van der Waals surface area contributed by atoms with Crippen molar-refractivity contribution in [2.24, 2.45) is 5.41 Å². The highest BCUT2D eigenvalue weighted by molar-refractivity contribution is 9.12. The minimum atomic E-state index is -3.50. The van der Waals surface area contributed by atoms with Gasteiger partial charge in [-0.2, -0.15) is 0 Å². The minimum Gasteiger partial charge on any atom is -0.396 e. The summed E-state index contributed by atoms with van der Waals surface area (Å²) < 4.78 is 27.9. The van der Waals surface area contributed by atoms with E-state index in [2.05, 4.69) is 36.6 Å². The van der Waals surface area contributed by atoms with Gasteiger partial charge in [-0.1, -0.05) is 0 Å². The smallest absolute Gasteiger partial charge is 0.242 e. The van der Waals surface area contributed by atoms with E-state index in [0.29, 0.717) is 10.3 Å². The predicted octanol–water partition coefficient (Wildman–Crippen LogP) is 2.32. The number of hydrogen-bond acceptors (Lipinski definition) is 4. The van der Waals surface area contributed by atoms with Crippen LogP contribution in [0, 0.1) is 5.41 Å². The first kappa shape index (κ1) is 14.0. The number of hydrogen-bond donors (Lipinski definition) is 2. The van der Waals surface area contributed by atoms with Crippen molar-refractivity contribution >= 4 is 53.2 Å². The van der Waals surface area contributed by atoms with Gasteiger partial charge in [0.15, 0.2) is 0 Å². The molecule has 0 atom stereocenters. The molecule has 8 heteroatoms. The fraction of sp³-hybridized carbons (Fsp3) is 0.556. The summed E-state index contributed by atoms with van der Waals surface area (Å²) in [7, 11) is -3.50. The van der Waals surface area contributed by atoms with Crippen LogP contribution in [0.25, 0.3) is 0 Å². The summed E-state index contributed by atoms with van der Waals surface area (Å²) in [6.07, 6.45) is 1.75. The second-order valence-electron chi connectivity index (χ2n) is 4.17. The molecule has 17 heavy (non-hydrogen) atoms. The molecular formula is C9H11Br2NO3S2. The second-order valence-corrected chi connectivity index (χ2v) is 9.66. The molecule has 96 valence electrons. The number of nitrogens with one attached hydrogen (secondary N) is 1. The lowest BCUT2D eigenvalue weighted by Gasteiger charge is -2.12. The molecule has 1 aromatic rings. The number of thiophene rings is 1. The van der Waals surface area contributed by atoms with Crippen LogP contribution in [-0.2, 0) is 10.0 Å². The van der Waals surface area contributed by atoms with Crippen molar-refractivity contribution in [2.75, 3.05) is 13.2 Å². The van der Waals surface area contributed by atoms with Crippen LogP contribution in [0.3, 0.4) is 0 Å². The summed E-state index contributed by atoms with van der Waals surface area (Å²) >= 11 is 7.79. The Morgan fingerprint density at radius 2 is 2.12 bits per heavy atom. The summed E-state index contributed by atoms with van der Waals surface area (Å²) in [6.45, 7) is 0.329. The number of sulfonamides is 1. The topological polar surface area (TPSA) is 66.4 Å². The van der Waals surface area contributed by atoms with Gasteiger partial charge in [-0.25, -0.2) is 13.1 Å². The average Bonchev–Trinajstić information content (AvgIpc) is 2.96. The lowest BCUT2D eigenvalue weighted by atomic mass is 10.1. The number of aliphatic hydroxyl groups excluding tert-OH is 1. The molecule has 0 bridgehead atoms. The highest BCUT2D eigenvalue weighted by atomic mass is 79.9. The van der Waals surface area contributed by atoms with Crippen molar-refractivity contribution in [3.63, 3.8) is 0 Å². The van der Waals surface area contributed by atoms with Crippen molar-refractivity contribution < 1.29 is 13.5 Å². The van der Waals surface area contributed by atoms with E-state index in [1.165, 1.54) is 11.3 Å². The van der Waals surface area contributed by atoms with Crippen LogP contribution in [0.5, 0.6) is 0 Å². The molecule has 0 amide bonds. The molecule has 2 rings (SSSR count). The molecule has 1 fully saturated rings. The lowest BCUT2D eigenvalue weighted by Crippen LogP contribution is -2.31. The Morgan fingerprint density at radius 1 is 1.47 bits per heavy atom. The lowest BCUT2D eigenvalue weighted by molar-refractivity contribution is 0.213. The number of aliphatic hydroxyl groups is 1. The second kappa shape index (κ2) is 4.90. The number of rotatable bonds is 5. The van der Waals surface area contributed by atoms with Gasteiger partial charge in [0.25, 0.3) is 0 Å². The van der Waals surface area contributed by atoms with Crippen LogP contribution in [0.15, 0.2) is 18.5 Å². The molecule has 0 radical (unpaired) electrons. The maximum absolute atomic E-state index is 12.0. The Hall–Kier alpha value is 0.530. The van der Waals surface area contributed by atoms with E-state index >= 15 is 0 Å². The SMILES string of the molecule is O=S(=O)(NCC1(CO)CC1)c1cc(Br)sc1Br. The van der Waals surface area contributed by atoms with Crippen molar-refractivity contribution in [3.8, 4) is 0 Å². The van der Waals surface area contributed by atoms with E-state index in [4.69, 9.17) is 5.11 Å². The summed E-state index contributed by atoms with van der Waals surface area (Å²) in [4.78, 5) is 0.239. The third-order valence-corrected chi connectivity index (χ3v) is 7.00. The van der Waals surface area contributed by atoms with Gasteiger partial charge in [0, 0.05) is 18.6 Å². The van der Waals surface area contributed by atoms with Crippen molar-refractivity contribution in [1.29, 1.82) is 0 Å². The van der Waals surface area contributed by atoms with Crippen molar-refractivity contribution in [3.05, 3.63) is 13.6 Å². The average molecular weight is 405 g/mol. The molecule has 1 aliphatic rings. The first-order chi connectivity index (χ1) is 7.88. The Balaban J connectivity index is 2.12. The standard InChI is InChI=1S/C9H11Br2NO3S2/c10-7-3-6(8(11)16-7)17(14,15)12-4-9(5-13)1-2-9/h3,12-13H,1-2,4-5H2. The van der Waals surface area contributed by atoms with E-state index in [0.717, 1.165) is 16.6 Å². The van der Waals surface area contributed by atoms with Gasteiger partial charge in [-0.15, -0.1) is 11.3 Å². The molecule has 1 saturated carbocycles. The third kappa shape index (κ3) is 3.10. The van der Waals surface area contributed by atoms with Crippen LogP contribution < -0.4 is 4.72 Å². The number of halogens is 2. The maximum Gasteiger partial charge on any atom is 0.242 e. The first-order valence-electron chi connectivity index (χ1n) is 4.94. The van der Waals surface area contributed by atoms with Gasteiger partial charge >= 0.3 is 0 Å². The summed E-state index contributed by atoms with van der Waals surface area (Å²) in [5.41, 5.74) is -0.229. The first-order valence-corrected chi connectivity index (χ1v) is 8.82. The van der Waals surface area contributed by atoms with Crippen LogP contribution in [-0.4, -0.2) is 26.7 Å². The van der Waals surface area contributed by atoms with Crippen LogP contribution >= 0.6 is 43.2 Å². The van der Waals surface area contributed by atoms with E-state index in [1.807, 2.05) is 0 Å². The van der Waals surface area contributed by atoms with Gasteiger partial charge in [-0.05, 0) is 50.8 Å². The fourth-order valence-electron chi connectivity index (χ4n) is 1.40. The Labute approximate surface area is 121 Å². The summed E-state index contributed by atoms with van der Waals surface area (Å²) in [6, 6.07) is 1.57. The van der Waals surface area contributed by atoms with Gasteiger partial charge < -0.3 is 5.11 Å². The van der Waals surface area contributed by atoms with E-state index in [9.17, 15) is 8.42 Å². The monoisotopic (exact) mass is 403 g/mol. The fourth-order valence-corrected chi connectivity index (χ4v) is 6.37. The zero-order chi connectivity index (χ0) is 12.7. The summed E-state index contributed by atoms with van der Waals surface area (Å²) in [5.74, 6) is 0. The third-order valence-electron chi connectivity index (χ3n) is 2.84. The Kier molecular flexibility index (Phi) is 4.02. The largest absolute Gasteiger partial charge is 0.396 e. The zero-order valence-corrected chi connectivity index (χ0v) is 13.5. The molecular weight excluding hydrogens is 394 g/mol. The van der Waals surface area contributed by atoms with Crippen molar-refractivity contribution in [2.45, 2.75) is 17.7 Å². The van der Waals surface area contributed by atoms with E-state index < -0.39 is 10.0 Å². The van der Waals surface area contributed by atoms with Gasteiger partial charge in [0.1, 0.15) is 4.90 Å². The molecule has 4 nitrogen and oxygen atoms in total.